The highest BCUT2D eigenvalue weighted by Gasteiger charge is 2.17. The van der Waals surface area contributed by atoms with E-state index in [0.717, 1.165) is 10.9 Å². The van der Waals surface area contributed by atoms with E-state index in [2.05, 4.69) is 15.3 Å². The van der Waals surface area contributed by atoms with Gasteiger partial charge in [0.25, 0.3) is 5.91 Å². The van der Waals surface area contributed by atoms with Gasteiger partial charge in [-0.1, -0.05) is 18.2 Å². The van der Waals surface area contributed by atoms with Gasteiger partial charge in [-0.3, -0.25) is 4.79 Å². The molecule has 0 saturated heterocycles. The van der Waals surface area contributed by atoms with Crippen molar-refractivity contribution in [1.29, 1.82) is 0 Å². The van der Waals surface area contributed by atoms with Crippen molar-refractivity contribution in [2.45, 2.75) is 26.3 Å². The summed E-state index contributed by atoms with van der Waals surface area (Å²) in [6, 6.07) is 7.59. The molecule has 1 amide bonds. The minimum atomic E-state index is -0.286. The van der Waals surface area contributed by atoms with E-state index in [9.17, 15) is 4.79 Å². The van der Waals surface area contributed by atoms with Gasteiger partial charge in [-0.15, -0.1) is 0 Å². The number of fused-ring (bicyclic) bond motifs is 1. The Morgan fingerprint density at radius 1 is 1.24 bits per heavy atom. The first kappa shape index (κ1) is 11.5. The Kier molecular flexibility index (Phi) is 2.79. The van der Waals surface area contributed by atoms with Crippen LogP contribution in [-0.2, 0) is 0 Å². The van der Waals surface area contributed by atoms with Gasteiger partial charge < -0.3 is 5.32 Å². The van der Waals surface area contributed by atoms with Crippen molar-refractivity contribution in [2.24, 2.45) is 0 Å². The number of carbonyl (C=O) groups is 1. The van der Waals surface area contributed by atoms with Crippen LogP contribution in [0.2, 0.25) is 0 Å². The molecule has 0 aliphatic rings. The standard InChI is InChI=1S/C13H15N3O/c1-13(2,3)16-12(17)11-14-8-9-6-4-5-7-10(9)15-11/h4-8H,1-3H3,(H,16,17). The van der Waals surface area contributed by atoms with Crippen molar-refractivity contribution in [3.8, 4) is 0 Å². The van der Waals surface area contributed by atoms with Crippen LogP contribution in [0, 0.1) is 0 Å². The Bertz CT molecular complexity index is 558. The molecule has 4 heteroatoms. The predicted octanol–water partition coefficient (Wildman–Crippen LogP) is 2.16. The molecule has 17 heavy (non-hydrogen) atoms. The summed E-state index contributed by atoms with van der Waals surface area (Å²) >= 11 is 0. The highest BCUT2D eigenvalue weighted by molar-refractivity contribution is 5.93. The molecule has 0 aliphatic carbocycles. The fraction of sp³-hybridized carbons (Fsp3) is 0.308. The molecule has 0 fully saturated rings. The first-order valence-corrected chi connectivity index (χ1v) is 5.50. The molecule has 0 radical (unpaired) electrons. The summed E-state index contributed by atoms with van der Waals surface area (Å²) in [6.45, 7) is 5.77. The van der Waals surface area contributed by atoms with Crippen molar-refractivity contribution < 1.29 is 4.79 Å². The molecule has 0 unspecified atom stereocenters. The Balaban J connectivity index is 2.33. The van der Waals surface area contributed by atoms with E-state index >= 15 is 0 Å². The zero-order valence-corrected chi connectivity index (χ0v) is 10.2. The minimum Gasteiger partial charge on any atom is -0.345 e. The highest BCUT2D eigenvalue weighted by atomic mass is 16.2. The summed E-state index contributed by atoms with van der Waals surface area (Å²) in [5.74, 6) is -0.0399. The molecule has 1 aromatic carbocycles. The second-order valence-electron chi connectivity index (χ2n) is 4.96. The predicted molar refractivity (Wildman–Crippen MR) is 66.8 cm³/mol. The van der Waals surface area contributed by atoms with Gasteiger partial charge in [-0.05, 0) is 26.8 Å². The van der Waals surface area contributed by atoms with Crippen molar-refractivity contribution in [3.63, 3.8) is 0 Å². The molecule has 0 spiro atoms. The average molecular weight is 229 g/mol. The van der Waals surface area contributed by atoms with Gasteiger partial charge in [0.15, 0.2) is 0 Å². The number of para-hydroxylation sites is 1. The molecular weight excluding hydrogens is 214 g/mol. The topological polar surface area (TPSA) is 54.9 Å². The van der Waals surface area contributed by atoms with Crippen LogP contribution >= 0.6 is 0 Å². The van der Waals surface area contributed by atoms with E-state index in [1.807, 2.05) is 45.0 Å². The Morgan fingerprint density at radius 2 is 1.94 bits per heavy atom. The third-order valence-electron chi connectivity index (χ3n) is 2.18. The SMILES string of the molecule is CC(C)(C)NC(=O)c1ncc2ccccc2n1. The lowest BCUT2D eigenvalue weighted by molar-refractivity contribution is 0.0909. The smallest absolute Gasteiger partial charge is 0.289 e. The fourth-order valence-electron chi connectivity index (χ4n) is 1.48. The van der Waals surface area contributed by atoms with Gasteiger partial charge in [0, 0.05) is 17.1 Å². The number of aromatic nitrogens is 2. The van der Waals surface area contributed by atoms with Crippen LogP contribution in [0.5, 0.6) is 0 Å². The van der Waals surface area contributed by atoms with Crippen LogP contribution < -0.4 is 5.32 Å². The summed E-state index contributed by atoms with van der Waals surface area (Å²) in [4.78, 5) is 20.2. The lowest BCUT2D eigenvalue weighted by Gasteiger charge is -2.19. The number of benzene rings is 1. The number of carbonyl (C=O) groups excluding carboxylic acids is 1. The number of amides is 1. The molecule has 4 nitrogen and oxygen atoms in total. The molecule has 1 N–H and O–H groups in total. The quantitative estimate of drug-likeness (QED) is 0.815. The molecular formula is C13H15N3O. The zero-order valence-electron chi connectivity index (χ0n) is 10.2. The molecule has 2 rings (SSSR count). The van der Waals surface area contributed by atoms with Crippen molar-refractivity contribution >= 4 is 16.8 Å². The fourth-order valence-corrected chi connectivity index (χ4v) is 1.48. The second kappa shape index (κ2) is 4.13. The molecule has 1 aromatic heterocycles. The number of nitrogens with one attached hydrogen (secondary N) is 1. The highest BCUT2D eigenvalue weighted by Crippen LogP contribution is 2.10. The van der Waals surface area contributed by atoms with Crippen LogP contribution in [0.3, 0.4) is 0 Å². The van der Waals surface area contributed by atoms with Crippen LogP contribution in [0.15, 0.2) is 30.5 Å². The summed E-state index contributed by atoms with van der Waals surface area (Å²) in [6.07, 6.45) is 1.67. The molecule has 0 saturated carbocycles. The summed E-state index contributed by atoms with van der Waals surface area (Å²) in [5.41, 5.74) is 0.494. The van der Waals surface area contributed by atoms with E-state index in [1.54, 1.807) is 6.20 Å². The first-order chi connectivity index (χ1) is 7.96. The molecule has 2 aromatic rings. The number of rotatable bonds is 1. The van der Waals surface area contributed by atoms with E-state index in [0.29, 0.717) is 0 Å². The third-order valence-corrected chi connectivity index (χ3v) is 2.18. The van der Waals surface area contributed by atoms with Gasteiger partial charge in [0.05, 0.1) is 5.52 Å². The molecule has 0 atom stereocenters. The Hall–Kier alpha value is -1.97. The number of hydrogen-bond acceptors (Lipinski definition) is 3. The lowest BCUT2D eigenvalue weighted by Crippen LogP contribution is -2.41. The lowest BCUT2D eigenvalue weighted by atomic mass is 10.1. The van der Waals surface area contributed by atoms with Gasteiger partial charge in [-0.2, -0.15) is 0 Å². The largest absolute Gasteiger partial charge is 0.345 e. The molecule has 1 heterocycles. The van der Waals surface area contributed by atoms with Gasteiger partial charge in [0.1, 0.15) is 0 Å². The van der Waals surface area contributed by atoms with E-state index in [-0.39, 0.29) is 17.3 Å². The van der Waals surface area contributed by atoms with Crippen molar-refractivity contribution in [2.75, 3.05) is 0 Å². The van der Waals surface area contributed by atoms with Crippen molar-refractivity contribution in [1.82, 2.24) is 15.3 Å². The molecule has 88 valence electrons. The summed E-state index contributed by atoms with van der Waals surface area (Å²) in [5, 5.41) is 3.77. The molecule has 0 bridgehead atoms. The number of nitrogens with zero attached hydrogens (tertiary/aromatic N) is 2. The average Bonchev–Trinajstić information content (AvgIpc) is 2.26. The van der Waals surface area contributed by atoms with Gasteiger partial charge >= 0.3 is 0 Å². The maximum Gasteiger partial charge on any atom is 0.289 e. The van der Waals surface area contributed by atoms with Crippen LogP contribution in [0.1, 0.15) is 31.4 Å². The van der Waals surface area contributed by atoms with Gasteiger partial charge in [0.2, 0.25) is 5.82 Å². The first-order valence-electron chi connectivity index (χ1n) is 5.50. The zero-order chi connectivity index (χ0) is 12.5. The van der Waals surface area contributed by atoms with E-state index in [4.69, 9.17) is 0 Å². The Morgan fingerprint density at radius 3 is 2.65 bits per heavy atom. The van der Waals surface area contributed by atoms with Crippen LogP contribution in [0.25, 0.3) is 10.9 Å². The minimum absolute atomic E-state index is 0.207. The summed E-state index contributed by atoms with van der Waals surface area (Å²) < 4.78 is 0. The monoisotopic (exact) mass is 229 g/mol. The van der Waals surface area contributed by atoms with Crippen LogP contribution in [0.4, 0.5) is 0 Å². The third kappa shape index (κ3) is 2.78. The maximum atomic E-state index is 11.9. The molecule has 0 aliphatic heterocycles. The van der Waals surface area contributed by atoms with E-state index < -0.39 is 0 Å². The number of hydrogen-bond donors (Lipinski definition) is 1. The van der Waals surface area contributed by atoms with Crippen LogP contribution in [-0.4, -0.2) is 21.4 Å². The van der Waals surface area contributed by atoms with Gasteiger partial charge in [-0.25, -0.2) is 9.97 Å². The summed E-state index contributed by atoms with van der Waals surface area (Å²) in [7, 11) is 0. The maximum absolute atomic E-state index is 11.9. The van der Waals surface area contributed by atoms with Crippen molar-refractivity contribution in [3.05, 3.63) is 36.3 Å². The Labute approximate surface area is 100 Å². The van der Waals surface area contributed by atoms with E-state index in [1.165, 1.54) is 0 Å². The second-order valence-corrected chi connectivity index (χ2v) is 4.96. The normalized spacial score (nSPS) is 11.5.